The second-order valence-electron chi connectivity index (χ2n) is 4.67. The van der Waals surface area contributed by atoms with Crippen LogP contribution < -0.4 is 0 Å². The number of aromatic nitrogens is 2. The number of nitriles is 1. The normalized spacial score (nSPS) is 10.4. The summed E-state index contributed by atoms with van der Waals surface area (Å²) >= 11 is 0. The fraction of sp³-hybridized carbons (Fsp3) is 0.0625. The van der Waals surface area contributed by atoms with Crippen molar-refractivity contribution in [3.63, 3.8) is 0 Å². The van der Waals surface area contributed by atoms with Crippen LogP contribution in [-0.4, -0.2) is 20.6 Å². The van der Waals surface area contributed by atoms with E-state index in [-0.39, 0.29) is 5.56 Å². The van der Waals surface area contributed by atoms with E-state index in [9.17, 15) is 4.79 Å². The van der Waals surface area contributed by atoms with Gasteiger partial charge in [-0.25, -0.2) is 4.79 Å². The van der Waals surface area contributed by atoms with E-state index in [4.69, 9.17) is 10.4 Å². The Morgan fingerprint density at radius 2 is 2.14 bits per heavy atom. The molecule has 5 heteroatoms. The number of nitrogens with zero attached hydrogens (tertiary/aromatic N) is 3. The number of fused-ring (bicyclic) bond motifs is 1. The van der Waals surface area contributed by atoms with Crippen LogP contribution in [0.25, 0.3) is 10.9 Å². The third-order valence-corrected chi connectivity index (χ3v) is 3.31. The summed E-state index contributed by atoms with van der Waals surface area (Å²) in [6, 6.07) is 12.9. The van der Waals surface area contributed by atoms with Crippen LogP contribution in [0.15, 0.2) is 48.8 Å². The Labute approximate surface area is 120 Å². The molecule has 3 rings (SSSR count). The van der Waals surface area contributed by atoms with Crippen LogP contribution in [0.4, 0.5) is 0 Å². The molecule has 0 aliphatic carbocycles. The number of carboxylic acids is 1. The fourth-order valence-electron chi connectivity index (χ4n) is 2.21. The van der Waals surface area contributed by atoms with Gasteiger partial charge in [0.15, 0.2) is 0 Å². The lowest BCUT2D eigenvalue weighted by Crippen LogP contribution is -2.03. The van der Waals surface area contributed by atoms with Crippen LogP contribution in [0.3, 0.4) is 0 Å². The maximum absolute atomic E-state index is 10.8. The Kier molecular flexibility index (Phi) is 3.13. The molecule has 21 heavy (non-hydrogen) atoms. The van der Waals surface area contributed by atoms with Crippen molar-refractivity contribution in [3.05, 3.63) is 65.6 Å². The zero-order chi connectivity index (χ0) is 14.8. The largest absolute Gasteiger partial charge is 0.478 e. The van der Waals surface area contributed by atoms with Gasteiger partial charge in [0.1, 0.15) is 0 Å². The first kappa shape index (κ1) is 12.9. The molecule has 0 radical (unpaired) electrons. The third kappa shape index (κ3) is 2.47. The highest BCUT2D eigenvalue weighted by atomic mass is 16.4. The van der Waals surface area contributed by atoms with Crippen LogP contribution in [-0.2, 0) is 6.54 Å². The molecular formula is C16H11N3O2. The zero-order valence-electron chi connectivity index (χ0n) is 11.0. The second-order valence-corrected chi connectivity index (χ2v) is 4.67. The topological polar surface area (TPSA) is 78.9 Å². The van der Waals surface area contributed by atoms with Gasteiger partial charge >= 0.3 is 5.97 Å². The summed E-state index contributed by atoms with van der Waals surface area (Å²) in [5, 5.41) is 18.9. The van der Waals surface area contributed by atoms with Gasteiger partial charge < -0.3 is 9.67 Å². The van der Waals surface area contributed by atoms with Crippen molar-refractivity contribution >= 4 is 16.9 Å². The second kappa shape index (κ2) is 5.10. The highest BCUT2D eigenvalue weighted by Crippen LogP contribution is 2.18. The van der Waals surface area contributed by atoms with Crippen molar-refractivity contribution in [1.29, 1.82) is 5.26 Å². The molecule has 1 N–H and O–H groups in total. The van der Waals surface area contributed by atoms with Gasteiger partial charge in [0.05, 0.1) is 29.4 Å². The van der Waals surface area contributed by atoms with E-state index in [0.29, 0.717) is 12.1 Å². The molecule has 0 saturated carbocycles. The summed E-state index contributed by atoms with van der Waals surface area (Å²) in [5.41, 5.74) is 2.50. The molecule has 0 aliphatic rings. The number of hydrogen-bond donors (Lipinski definition) is 1. The lowest BCUT2D eigenvalue weighted by Gasteiger charge is -2.05. The molecule has 0 atom stereocenters. The molecule has 0 aliphatic heterocycles. The van der Waals surface area contributed by atoms with E-state index < -0.39 is 5.97 Å². The van der Waals surface area contributed by atoms with Crippen molar-refractivity contribution in [2.45, 2.75) is 6.54 Å². The number of hydrogen-bond acceptors (Lipinski definition) is 3. The molecule has 1 aromatic carbocycles. The molecule has 0 amide bonds. The van der Waals surface area contributed by atoms with Gasteiger partial charge in [-0.3, -0.25) is 4.98 Å². The standard InChI is InChI=1S/C16H11N3O2/c17-8-11-1-2-12-5-6-19(15(12)7-11)10-14-4-3-13(9-18-14)16(20)21/h1-7,9H,10H2,(H,20,21). The van der Waals surface area contributed by atoms with Crippen molar-refractivity contribution in [3.8, 4) is 6.07 Å². The Bertz CT molecular complexity index is 857. The van der Waals surface area contributed by atoms with Gasteiger partial charge in [0.2, 0.25) is 0 Å². The van der Waals surface area contributed by atoms with Gasteiger partial charge in [-0.1, -0.05) is 6.07 Å². The minimum atomic E-state index is -0.987. The molecule has 3 aromatic rings. The summed E-state index contributed by atoms with van der Waals surface area (Å²) in [7, 11) is 0. The predicted molar refractivity (Wildman–Crippen MR) is 77.0 cm³/mol. The molecule has 0 spiro atoms. The molecule has 0 saturated heterocycles. The molecular weight excluding hydrogens is 266 g/mol. The number of pyridine rings is 1. The number of rotatable bonds is 3. The summed E-state index contributed by atoms with van der Waals surface area (Å²) in [6.45, 7) is 0.526. The highest BCUT2D eigenvalue weighted by molar-refractivity contribution is 5.87. The van der Waals surface area contributed by atoms with Crippen LogP contribution in [0, 0.1) is 11.3 Å². The first-order chi connectivity index (χ1) is 10.2. The van der Waals surface area contributed by atoms with Crippen molar-refractivity contribution in [2.24, 2.45) is 0 Å². The molecule has 0 bridgehead atoms. The Balaban J connectivity index is 1.94. The maximum Gasteiger partial charge on any atom is 0.337 e. The van der Waals surface area contributed by atoms with E-state index >= 15 is 0 Å². The molecule has 2 aromatic heterocycles. The molecule has 0 unspecified atom stereocenters. The summed E-state index contributed by atoms with van der Waals surface area (Å²) in [4.78, 5) is 15.0. The smallest absolute Gasteiger partial charge is 0.337 e. The van der Waals surface area contributed by atoms with Crippen LogP contribution >= 0.6 is 0 Å². The maximum atomic E-state index is 10.8. The van der Waals surface area contributed by atoms with E-state index in [1.807, 2.05) is 29.0 Å². The summed E-state index contributed by atoms with van der Waals surface area (Å²) in [5.74, 6) is -0.987. The van der Waals surface area contributed by atoms with E-state index in [2.05, 4.69) is 11.1 Å². The third-order valence-electron chi connectivity index (χ3n) is 3.31. The summed E-state index contributed by atoms with van der Waals surface area (Å²) < 4.78 is 1.99. The van der Waals surface area contributed by atoms with Crippen molar-refractivity contribution < 1.29 is 9.90 Å². The molecule has 0 fully saturated rings. The SMILES string of the molecule is N#Cc1ccc2ccn(Cc3ccc(C(=O)O)cn3)c2c1. The van der Waals surface area contributed by atoms with Crippen LogP contribution in [0.1, 0.15) is 21.6 Å². The quantitative estimate of drug-likeness (QED) is 0.798. The average molecular weight is 277 g/mol. The minimum absolute atomic E-state index is 0.169. The van der Waals surface area contributed by atoms with Gasteiger partial charge in [0, 0.05) is 17.9 Å². The number of aromatic carboxylic acids is 1. The molecule has 2 heterocycles. The van der Waals surface area contributed by atoms with Gasteiger partial charge in [-0.05, 0) is 35.7 Å². The average Bonchev–Trinajstić information content (AvgIpc) is 2.90. The Morgan fingerprint density at radius 3 is 2.81 bits per heavy atom. The van der Waals surface area contributed by atoms with Gasteiger partial charge in [-0.2, -0.15) is 5.26 Å². The fourth-order valence-corrected chi connectivity index (χ4v) is 2.21. The molecule has 102 valence electrons. The highest BCUT2D eigenvalue weighted by Gasteiger charge is 2.06. The number of carbonyl (C=O) groups is 1. The van der Waals surface area contributed by atoms with Gasteiger partial charge in [0.25, 0.3) is 0 Å². The predicted octanol–water partition coefficient (Wildman–Crippen LogP) is 2.65. The number of carboxylic acid groups (broad SMARTS) is 1. The monoisotopic (exact) mass is 277 g/mol. The van der Waals surface area contributed by atoms with E-state index in [1.54, 1.807) is 12.1 Å². The van der Waals surface area contributed by atoms with E-state index in [1.165, 1.54) is 12.3 Å². The number of benzene rings is 1. The Hall–Kier alpha value is -3.13. The van der Waals surface area contributed by atoms with Crippen LogP contribution in [0.2, 0.25) is 0 Å². The van der Waals surface area contributed by atoms with E-state index in [0.717, 1.165) is 16.6 Å². The molecule has 5 nitrogen and oxygen atoms in total. The van der Waals surface area contributed by atoms with Gasteiger partial charge in [-0.15, -0.1) is 0 Å². The van der Waals surface area contributed by atoms with Crippen LogP contribution in [0.5, 0.6) is 0 Å². The minimum Gasteiger partial charge on any atom is -0.478 e. The summed E-state index contributed by atoms with van der Waals surface area (Å²) in [6.07, 6.45) is 3.28. The van der Waals surface area contributed by atoms with Crippen molar-refractivity contribution in [2.75, 3.05) is 0 Å². The van der Waals surface area contributed by atoms with Crippen molar-refractivity contribution in [1.82, 2.24) is 9.55 Å². The lowest BCUT2D eigenvalue weighted by atomic mass is 10.2. The first-order valence-corrected chi connectivity index (χ1v) is 6.34. The zero-order valence-corrected chi connectivity index (χ0v) is 11.0. The Morgan fingerprint density at radius 1 is 1.29 bits per heavy atom. The first-order valence-electron chi connectivity index (χ1n) is 6.34. The lowest BCUT2D eigenvalue weighted by molar-refractivity contribution is 0.0696.